The Bertz CT molecular complexity index is 1430. The van der Waals surface area contributed by atoms with E-state index in [1.165, 1.54) is 18.3 Å². The van der Waals surface area contributed by atoms with Gasteiger partial charge in [-0.1, -0.05) is 12.1 Å². The van der Waals surface area contributed by atoms with Crippen molar-refractivity contribution in [2.24, 2.45) is 5.73 Å². The first-order valence-corrected chi connectivity index (χ1v) is 11.5. The van der Waals surface area contributed by atoms with Gasteiger partial charge in [0.25, 0.3) is 6.08 Å². The predicted octanol–water partition coefficient (Wildman–Crippen LogP) is 2.31. The number of carboxylic acids is 1. The molecule has 3 aromatic rings. The van der Waals surface area contributed by atoms with Gasteiger partial charge in [-0.25, -0.2) is 32.7 Å². The number of nitrogens with two attached hydrogens (primary N) is 1. The molecule has 4 N–H and O–H groups in total. The zero-order chi connectivity index (χ0) is 27.3. The highest BCUT2D eigenvalue weighted by Gasteiger charge is 2.38. The minimum absolute atomic E-state index is 0.0420. The lowest BCUT2D eigenvalue weighted by Crippen LogP contribution is -2.21. The Morgan fingerprint density at radius 2 is 1.72 bits per heavy atom. The van der Waals surface area contributed by atoms with E-state index in [4.69, 9.17) is 15.6 Å². The van der Waals surface area contributed by atoms with Crippen molar-refractivity contribution in [3.05, 3.63) is 70.6 Å². The molecule has 1 aromatic carbocycles. The summed E-state index contributed by atoms with van der Waals surface area (Å²) in [6, 6.07) is 9.46. The lowest BCUT2D eigenvalue weighted by molar-refractivity contribution is -0.192. The van der Waals surface area contributed by atoms with Gasteiger partial charge < -0.3 is 10.8 Å². The summed E-state index contributed by atoms with van der Waals surface area (Å²) in [5.41, 5.74) is 5.72. The average Bonchev–Trinajstić information content (AvgIpc) is 3.16. The fourth-order valence-corrected chi connectivity index (χ4v) is 3.34. The van der Waals surface area contributed by atoms with Crippen LogP contribution < -0.4 is 11.4 Å². The second kappa shape index (κ2) is 11.2. The van der Waals surface area contributed by atoms with Crippen LogP contribution in [0.5, 0.6) is 0 Å². The van der Waals surface area contributed by atoms with Crippen molar-refractivity contribution in [3.63, 3.8) is 0 Å². The average molecular weight is 535 g/mol. The second-order valence-electron chi connectivity index (χ2n) is 7.03. The molecule has 3 rings (SSSR count). The van der Waals surface area contributed by atoms with E-state index in [2.05, 4.69) is 15.2 Å². The molecule has 2 aromatic heterocycles. The molecule has 10 nitrogen and oxygen atoms in total. The topological polar surface area (TPSA) is 161 Å². The number of aliphatic carboxylic acids is 1. The minimum atomic E-state index is -5.08. The van der Waals surface area contributed by atoms with Crippen LogP contribution in [0.25, 0.3) is 16.9 Å². The highest BCUT2D eigenvalue weighted by atomic mass is 32.2. The van der Waals surface area contributed by atoms with Crippen LogP contribution >= 0.6 is 0 Å². The summed E-state index contributed by atoms with van der Waals surface area (Å²) in [6.07, 6.45) is -4.74. The molecule has 0 bridgehead atoms. The molecule has 0 unspecified atom stereocenters. The summed E-state index contributed by atoms with van der Waals surface area (Å²) >= 11 is 0. The Labute approximate surface area is 199 Å². The van der Waals surface area contributed by atoms with Gasteiger partial charge in [-0.3, -0.25) is 0 Å². The van der Waals surface area contributed by atoms with Crippen molar-refractivity contribution in [1.82, 2.24) is 19.7 Å². The zero-order valence-corrected chi connectivity index (χ0v) is 19.1. The minimum Gasteiger partial charge on any atom is -0.475 e. The molecule has 0 atom stereocenters. The number of nitrogens with zero attached hydrogens (tertiary/aromatic N) is 3. The molecule has 0 spiro atoms. The van der Waals surface area contributed by atoms with Crippen LogP contribution in [0, 0.1) is 0 Å². The fourth-order valence-electron chi connectivity index (χ4n) is 2.71. The van der Waals surface area contributed by atoms with Crippen molar-refractivity contribution >= 4 is 15.8 Å². The molecule has 0 amide bonds. The Morgan fingerprint density at radius 3 is 2.19 bits per heavy atom. The van der Waals surface area contributed by atoms with Crippen LogP contribution in [0.4, 0.5) is 22.0 Å². The van der Waals surface area contributed by atoms with E-state index in [1.807, 2.05) is 0 Å². The van der Waals surface area contributed by atoms with E-state index in [-0.39, 0.29) is 35.1 Å². The number of pyridine rings is 1. The van der Waals surface area contributed by atoms with E-state index in [0.29, 0.717) is 11.1 Å². The molecule has 0 aliphatic heterocycles. The second-order valence-corrected chi connectivity index (χ2v) is 9.04. The highest BCUT2D eigenvalue weighted by Crippen LogP contribution is 2.23. The molecule has 2 heterocycles. The third kappa shape index (κ3) is 7.29. The number of benzene rings is 1. The number of carboxylic acid groups (broad SMARTS) is 1. The van der Waals surface area contributed by atoms with Gasteiger partial charge in [-0.15, -0.1) is 0 Å². The number of carbonyl (C=O) groups is 1. The molecule has 0 radical (unpaired) electrons. The Balaban J connectivity index is 0.000000572. The Morgan fingerprint density at radius 1 is 1.14 bits per heavy atom. The number of rotatable bonds is 6. The fraction of sp³-hybridized carbons (Fsp3) is 0.200. The quantitative estimate of drug-likeness (QED) is 0.405. The first-order valence-electron chi connectivity index (χ1n) is 9.61. The number of aromatic amines is 1. The molecule has 0 aliphatic carbocycles. The first-order chi connectivity index (χ1) is 16.6. The summed E-state index contributed by atoms with van der Waals surface area (Å²) in [6.45, 7) is -0.371. The number of sulfone groups is 1. The molecule has 0 fully saturated rings. The largest absolute Gasteiger partial charge is 0.490 e. The lowest BCUT2D eigenvalue weighted by atomic mass is 10.1. The Kier molecular flexibility index (Phi) is 8.82. The van der Waals surface area contributed by atoms with Gasteiger partial charge in [-0.05, 0) is 35.4 Å². The van der Waals surface area contributed by atoms with Gasteiger partial charge in [0.2, 0.25) is 0 Å². The summed E-state index contributed by atoms with van der Waals surface area (Å²) < 4.78 is 81.9. The van der Waals surface area contributed by atoms with Crippen molar-refractivity contribution in [2.75, 3.05) is 12.8 Å². The van der Waals surface area contributed by atoms with Gasteiger partial charge in [0.15, 0.2) is 9.84 Å². The van der Waals surface area contributed by atoms with Crippen LogP contribution in [0.3, 0.4) is 0 Å². The summed E-state index contributed by atoms with van der Waals surface area (Å²) in [5, 5.41) is 13.2. The molecular formula is C20H18F5N5O5S. The van der Waals surface area contributed by atoms with E-state index >= 15 is 0 Å². The molecule has 36 heavy (non-hydrogen) atoms. The van der Waals surface area contributed by atoms with Crippen LogP contribution in [0.15, 0.2) is 63.9 Å². The maximum Gasteiger partial charge on any atom is 0.490 e. The predicted molar refractivity (Wildman–Crippen MR) is 116 cm³/mol. The summed E-state index contributed by atoms with van der Waals surface area (Å²) in [5.74, 6) is -2.54. The smallest absolute Gasteiger partial charge is 0.475 e. The maximum absolute atomic E-state index is 12.9. The molecule has 16 heteroatoms. The first kappa shape index (κ1) is 28.3. The number of hydrogen-bond acceptors (Lipinski definition) is 7. The SMILES string of the molecule is CS(=O)(=O)c1ccc(-c2ccnc(-n3c(CC(CN)=C(F)F)n[nH]c3=O)c2)cc1.O=C(O)C(F)(F)F. The number of aromatic nitrogens is 4. The monoisotopic (exact) mass is 535 g/mol. The number of hydrogen-bond donors (Lipinski definition) is 3. The highest BCUT2D eigenvalue weighted by molar-refractivity contribution is 7.90. The van der Waals surface area contributed by atoms with Crippen LogP contribution in [-0.4, -0.2) is 58.2 Å². The van der Waals surface area contributed by atoms with Crippen LogP contribution in [0.2, 0.25) is 0 Å². The third-order valence-corrected chi connectivity index (χ3v) is 5.59. The van der Waals surface area contributed by atoms with Gasteiger partial charge in [0.1, 0.15) is 11.6 Å². The number of H-pyrrole nitrogens is 1. The normalized spacial score (nSPS) is 11.4. The number of alkyl halides is 3. The van der Waals surface area contributed by atoms with E-state index in [1.54, 1.807) is 24.3 Å². The molecule has 0 aliphatic rings. The van der Waals surface area contributed by atoms with E-state index in [9.17, 15) is 35.2 Å². The van der Waals surface area contributed by atoms with Gasteiger partial charge in [0, 0.05) is 31.0 Å². The van der Waals surface area contributed by atoms with Crippen LogP contribution in [0.1, 0.15) is 5.82 Å². The lowest BCUT2D eigenvalue weighted by Gasteiger charge is -2.08. The molecule has 194 valence electrons. The third-order valence-electron chi connectivity index (χ3n) is 4.46. The zero-order valence-electron chi connectivity index (χ0n) is 18.3. The van der Waals surface area contributed by atoms with Gasteiger partial charge in [0.05, 0.1) is 4.90 Å². The van der Waals surface area contributed by atoms with Crippen molar-refractivity contribution in [2.45, 2.75) is 17.5 Å². The van der Waals surface area contributed by atoms with E-state index < -0.39 is 33.8 Å². The van der Waals surface area contributed by atoms with E-state index in [0.717, 1.165) is 10.8 Å². The number of nitrogens with one attached hydrogen (secondary N) is 1. The molecule has 0 saturated heterocycles. The van der Waals surface area contributed by atoms with Crippen molar-refractivity contribution in [1.29, 1.82) is 0 Å². The number of halogens is 5. The molecule has 0 saturated carbocycles. The van der Waals surface area contributed by atoms with Gasteiger partial charge >= 0.3 is 17.8 Å². The standard InChI is InChI=1S/C18H17F2N5O3S.C2HF3O2/c1-29(27,28)14-4-2-11(3-5-14)12-6-7-22-15(8-12)25-16(23-24-18(25)26)9-13(10-21)17(19)20;3-2(4,5)1(6)7/h2-8H,9-10,21H2,1H3,(H,24,26);(H,6,7). The Hall–Kier alpha value is -3.92. The molecular weight excluding hydrogens is 517 g/mol. The summed E-state index contributed by atoms with van der Waals surface area (Å²) in [7, 11) is -3.32. The van der Waals surface area contributed by atoms with Crippen molar-refractivity contribution in [3.8, 4) is 16.9 Å². The van der Waals surface area contributed by atoms with Crippen molar-refractivity contribution < 1.29 is 40.3 Å². The van der Waals surface area contributed by atoms with Gasteiger partial charge in [-0.2, -0.15) is 27.1 Å². The summed E-state index contributed by atoms with van der Waals surface area (Å²) in [4.78, 5) is 25.4. The maximum atomic E-state index is 12.9. The van der Waals surface area contributed by atoms with Crippen LogP contribution in [-0.2, 0) is 21.1 Å².